The van der Waals surface area contributed by atoms with E-state index in [4.69, 9.17) is 9.47 Å². The predicted molar refractivity (Wildman–Crippen MR) is 101 cm³/mol. The summed E-state index contributed by atoms with van der Waals surface area (Å²) in [7, 11) is 1.82. The first kappa shape index (κ1) is 19.5. The number of thiazole rings is 1. The van der Waals surface area contributed by atoms with E-state index >= 15 is 0 Å². The van der Waals surface area contributed by atoms with Crippen molar-refractivity contribution in [2.75, 3.05) is 53.1 Å². The molecule has 0 aromatic carbocycles. The van der Waals surface area contributed by atoms with Crippen LogP contribution in [-0.2, 0) is 22.4 Å². The molecule has 0 bridgehead atoms. The molecule has 3 heterocycles. The highest BCUT2D eigenvalue weighted by Crippen LogP contribution is 2.22. The van der Waals surface area contributed by atoms with Crippen molar-refractivity contribution in [2.45, 2.75) is 32.4 Å². The standard InChI is InChI=1S/C18H30N4O3S/c1-3-17-20-15(13-26-17)11-21(2)18(23)19-10-16(14-4-7-25-12-14)22-5-8-24-9-6-22/h13-14,16H,3-12H2,1-2H3,(H,19,23). The van der Waals surface area contributed by atoms with Gasteiger partial charge >= 0.3 is 6.03 Å². The first-order chi connectivity index (χ1) is 12.7. The Morgan fingerprint density at radius 1 is 1.42 bits per heavy atom. The summed E-state index contributed by atoms with van der Waals surface area (Å²) in [4.78, 5) is 21.2. The molecular formula is C18H30N4O3S. The molecule has 2 amide bonds. The number of nitrogens with one attached hydrogen (secondary N) is 1. The van der Waals surface area contributed by atoms with E-state index in [1.807, 2.05) is 12.4 Å². The maximum absolute atomic E-state index is 12.5. The molecule has 0 saturated carbocycles. The van der Waals surface area contributed by atoms with Gasteiger partial charge in [0, 0.05) is 50.6 Å². The van der Waals surface area contributed by atoms with Gasteiger partial charge in [-0.05, 0) is 12.8 Å². The van der Waals surface area contributed by atoms with E-state index in [0.29, 0.717) is 25.0 Å². The van der Waals surface area contributed by atoms with Gasteiger partial charge in [-0.2, -0.15) is 0 Å². The van der Waals surface area contributed by atoms with Gasteiger partial charge in [0.2, 0.25) is 0 Å². The fraction of sp³-hybridized carbons (Fsp3) is 0.778. The highest BCUT2D eigenvalue weighted by molar-refractivity contribution is 7.09. The van der Waals surface area contributed by atoms with E-state index in [9.17, 15) is 4.79 Å². The highest BCUT2D eigenvalue weighted by Gasteiger charge is 2.32. The quantitative estimate of drug-likeness (QED) is 0.776. The molecule has 2 fully saturated rings. The van der Waals surface area contributed by atoms with Crippen molar-refractivity contribution in [1.82, 2.24) is 20.1 Å². The molecule has 1 aromatic heterocycles. The molecule has 2 atom stereocenters. The minimum absolute atomic E-state index is 0.0479. The Kier molecular flexibility index (Phi) is 7.24. The molecule has 2 aliphatic rings. The van der Waals surface area contributed by atoms with Gasteiger partial charge in [-0.25, -0.2) is 9.78 Å². The molecular weight excluding hydrogens is 352 g/mol. The van der Waals surface area contributed by atoms with Gasteiger partial charge in [0.15, 0.2) is 0 Å². The van der Waals surface area contributed by atoms with Gasteiger partial charge in [0.1, 0.15) is 0 Å². The average Bonchev–Trinajstić information content (AvgIpc) is 3.34. The summed E-state index contributed by atoms with van der Waals surface area (Å²) < 4.78 is 11.1. The van der Waals surface area contributed by atoms with Crippen molar-refractivity contribution in [3.05, 3.63) is 16.1 Å². The van der Waals surface area contributed by atoms with Crippen molar-refractivity contribution >= 4 is 17.4 Å². The molecule has 2 unspecified atom stereocenters. The number of carbonyl (C=O) groups is 1. The number of nitrogens with zero attached hydrogens (tertiary/aromatic N) is 3. The Labute approximate surface area is 159 Å². The fourth-order valence-electron chi connectivity index (χ4n) is 3.58. The molecule has 146 valence electrons. The molecule has 3 rings (SSSR count). The average molecular weight is 383 g/mol. The van der Waals surface area contributed by atoms with E-state index < -0.39 is 0 Å². The second-order valence-corrected chi connectivity index (χ2v) is 7.91. The van der Waals surface area contributed by atoms with Crippen molar-refractivity contribution in [3.8, 4) is 0 Å². The van der Waals surface area contributed by atoms with E-state index in [1.165, 1.54) is 0 Å². The van der Waals surface area contributed by atoms with Gasteiger partial charge in [0.25, 0.3) is 0 Å². The Hall–Kier alpha value is -1.22. The van der Waals surface area contributed by atoms with Crippen molar-refractivity contribution in [2.24, 2.45) is 5.92 Å². The molecule has 1 N–H and O–H groups in total. The smallest absolute Gasteiger partial charge is 0.317 e. The zero-order chi connectivity index (χ0) is 18.4. The van der Waals surface area contributed by atoms with Crippen LogP contribution in [0.5, 0.6) is 0 Å². The van der Waals surface area contributed by atoms with Gasteiger partial charge < -0.3 is 19.7 Å². The summed E-state index contributed by atoms with van der Waals surface area (Å²) in [6, 6.07) is 0.262. The molecule has 2 aliphatic heterocycles. The van der Waals surface area contributed by atoms with Crippen LogP contribution in [0.3, 0.4) is 0 Å². The van der Waals surface area contributed by atoms with Crippen LogP contribution >= 0.6 is 11.3 Å². The summed E-state index contributed by atoms with van der Waals surface area (Å²) >= 11 is 1.66. The van der Waals surface area contributed by atoms with E-state index in [-0.39, 0.29) is 6.03 Å². The summed E-state index contributed by atoms with van der Waals surface area (Å²) in [5.41, 5.74) is 0.957. The Morgan fingerprint density at radius 2 is 2.23 bits per heavy atom. The van der Waals surface area contributed by atoms with Crippen LogP contribution in [0.2, 0.25) is 0 Å². The van der Waals surface area contributed by atoms with Crippen LogP contribution in [0.15, 0.2) is 5.38 Å². The Bertz CT molecular complexity index is 571. The third-order valence-corrected chi connectivity index (χ3v) is 6.18. The van der Waals surface area contributed by atoms with Crippen LogP contribution in [0.1, 0.15) is 24.0 Å². The van der Waals surface area contributed by atoms with Crippen LogP contribution in [0.25, 0.3) is 0 Å². The molecule has 8 heteroatoms. The molecule has 0 aliphatic carbocycles. The summed E-state index contributed by atoms with van der Waals surface area (Å²) in [6.07, 6.45) is 2.00. The van der Waals surface area contributed by atoms with Crippen LogP contribution in [0, 0.1) is 5.92 Å². The number of ether oxygens (including phenoxy) is 2. The fourth-order valence-corrected chi connectivity index (χ4v) is 4.32. The monoisotopic (exact) mass is 382 g/mol. The molecule has 7 nitrogen and oxygen atoms in total. The number of morpholine rings is 1. The van der Waals surface area contributed by atoms with Crippen LogP contribution in [-0.4, -0.2) is 80.0 Å². The maximum Gasteiger partial charge on any atom is 0.317 e. The second kappa shape index (κ2) is 9.64. The van der Waals surface area contributed by atoms with Gasteiger partial charge in [-0.1, -0.05) is 6.92 Å². The number of carbonyl (C=O) groups excluding carboxylic acids is 1. The minimum Gasteiger partial charge on any atom is -0.381 e. The third-order valence-electron chi connectivity index (χ3n) is 5.13. The first-order valence-corrected chi connectivity index (χ1v) is 10.4. The number of aromatic nitrogens is 1. The normalized spacial score (nSPS) is 22.3. The van der Waals surface area contributed by atoms with Crippen molar-refractivity contribution < 1.29 is 14.3 Å². The number of aryl methyl sites for hydroxylation is 1. The SMILES string of the molecule is CCc1nc(CN(C)C(=O)NCC(C2CCOC2)N2CCOCC2)cs1. The molecule has 2 saturated heterocycles. The van der Waals surface area contributed by atoms with Crippen LogP contribution in [0.4, 0.5) is 4.79 Å². The lowest BCUT2D eigenvalue weighted by atomic mass is 9.97. The maximum atomic E-state index is 12.5. The van der Waals surface area contributed by atoms with Gasteiger partial charge in [-0.3, -0.25) is 4.90 Å². The lowest BCUT2D eigenvalue weighted by Crippen LogP contribution is -2.53. The highest BCUT2D eigenvalue weighted by atomic mass is 32.1. The van der Waals surface area contributed by atoms with Crippen molar-refractivity contribution in [1.29, 1.82) is 0 Å². The van der Waals surface area contributed by atoms with Gasteiger partial charge in [-0.15, -0.1) is 11.3 Å². The zero-order valence-corrected chi connectivity index (χ0v) is 16.6. The third kappa shape index (κ3) is 5.16. The van der Waals surface area contributed by atoms with Crippen molar-refractivity contribution in [3.63, 3.8) is 0 Å². The lowest BCUT2D eigenvalue weighted by molar-refractivity contribution is 0.00190. The Balaban J connectivity index is 1.52. The molecule has 0 spiro atoms. The van der Waals surface area contributed by atoms with Gasteiger partial charge in [0.05, 0.1) is 37.1 Å². The summed E-state index contributed by atoms with van der Waals surface area (Å²) in [6.45, 7) is 8.26. The lowest BCUT2D eigenvalue weighted by Gasteiger charge is -2.37. The zero-order valence-electron chi connectivity index (χ0n) is 15.8. The number of urea groups is 1. The second-order valence-electron chi connectivity index (χ2n) is 6.97. The first-order valence-electron chi connectivity index (χ1n) is 9.49. The predicted octanol–water partition coefficient (Wildman–Crippen LogP) is 1.58. The number of hydrogen-bond donors (Lipinski definition) is 1. The van der Waals surface area contributed by atoms with E-state index in [2.05, 4.69) is 22.1 Å². The Morgan fingerprint density at radius 3 is 2.88 bits per heavy atom. The molecule has 26 heavy (non-hydrogen) atoms. The summed E-state index contributed by atoms with van der Waals surface area (Å²) in [5.74, 6) is 0.476. The summed E-state index contributed by atoms with van der Waals surface area (Å²) in [5, 5.41) is 6.27. The largest absolute Gasteiger partial charge is 0.381 e. The molecule has 1 aromatic rings. The number of rotatable bonds is 7. The topological polar surface area (TPSA) is 66.9 Å². The number of hydrogen-bond acceptors (Lipinski definition) is 6. The molecule has 0 radical (unpaired) electrons. The number of amides is 2. The van der Waals surface area contributed by atoms with Crippen LogP contribution < -0.4 is 5.32 Å². The van der Waals surface area contributed by atoms with E-state index in [1.54, 1.807) is 16.2 Å². The minimum atomic E-state index is -0.0479. The van der Waals surface area contributed by atoms with E-state index in [0.717, 1.165) is 63.1 Å².